The lowest BCUT2D eigenvalue weighted by molar-refractivity contribution is -0.927. The van der Waals surface area contributed by atoms with E-state index < -0.39 is 10.0 Å². The van der Waals surface area contributed by atoms with Gasteiger partial charge < -0.3 is 4.90 Å². The predicted molar refractivity (Wildman–Crippen MR) is 105 cm³/mol. The monoisotopic (exact) mass is 373 g/mol. The number of quaternary nitrogens is 1. The van der Waals surface area contributed by atoms with Crippen molar-refractivity contribution in [2.75, 3.05) is 26.2 Å². The van der Waals surface area contributed by atoms with Gasteiger partial charge in [-0.15, -0.1) is 0 Å². The first kappa shape index (κ1) is 19.1. The smallest absolute Gasteiger partial charge is 0.243 e. The Hall–Kier alpha value is -1.69. The second-order valence-corrected chi connectivity index (χ2v) is 9.24. The molecule has 1 aliphatic rings. The van der Waals surface area contributed by atoms with Gasteiger partial charge in [0.2, 0.25) is 10.0 Å². The minimum Gasteiger partial charge on any atom is -0.331 e. The number of benzene rings is 2. The first-order valence-electron chi connectivity index (χ1n) is 9.42. The van der Waals surface area contributed by atoms with Gasteiger partial charge in [0.25, 0.3) is 0 Å². The summed E-state index contributed by atoms with van der Waals surface area (Å²) in [5.41, 5.74) is 2.45. The molecule has 0 amide bonds. The molecule has 0 bridgehead atoms. The summed E-state index contributed by atoms with van der Waals surface area (Å²) in [7, 11) is -3.36. The third-order valence-electron chi connectivity index (χ3n) is 5.43. The van der Waals surface area contributed by atoms with Crippen molar-refractivity contribution in [3.8, 4) is 0 Å². The number of nitrogens with one attached hydrogen (secondary N) is 1. The van der Waals surface area contributed by atoms with Crippen LogP contribution in [-0.2, 0) is 16.4 Å². The molecule has 0 radical (unpaired) electrons. The largest absolute Gasteiger partial charge is 0.331 e. The zero-order chi connectivity index (χ0) is 18.6. The first-order chi connectivity index (χ1) is 12.5. The van der Waals surface area contributed by atoms with Crippen LogP contribution in [0.1, 0.15) is 24.5 Å². The van der Waals surface area contributed by atoms with E-state index in [0.717, 1.165) is 31.5 Å². The van der Waals surface area contributed by atoms with Crippen molar-refractivity contribution in [2.24, 2.45) is 0 Å². The molecule has 2 aromatic carbocycles. The summed E-state index contributed by atoms with van der Waals surface area (Å²) in [6.45, 7) is 7.20. The van der Waals surface area contributed by atoms with E-state index in [0.29, 0.717) is 24.0 Å². The van der Waals surface area contributed by atoms with Crippen molar-refractivity contribution in [1.82, 2.24) is 4.31 Å². The van der Waals surface area contributed by atoms with E-state index in [1.54, 1.807) is 16.4 Å². The van der Waals surface area contributed by atoms with Gasteiger partial charge in [0, 0.05) is 6.42 Å². The van der Waals surface area contributed by atoms with Crippen molar-refractivity contribution < 1.29 is 13.3 Å². The van der Waals surface area contributed by atoms with Crippen LogP contribution in [0.15, 0.2) is 59.5 Å². The molecule has 0 spiro atoms. The fourth-order valence-corrected chi connectivity index (χ4v) is 5.04. The van der Waals surface area contributed by atoms with Gasteiger partial charge in [-0.2, -0.15) is 4.31 Å². The summed E-state index contributed by atoms with van der Waals surface area (Å²) in [6, 6.07) is 18.3. The molecule has 2 aromatic rings. The Morgan fingerprint density at radius 1 is 1.00 bits per heavy atom. The van der Waals surface area contributed by atoms with E-state index in [9.17, 15) is 8.42 Å². The Morgan fingerprint density at radius 3 is 2.23 bits per heavy atom. The van der Waals surface area contributed by atoms with Crippen LogP contribution in [0.4, 0.5) is 0 Å². The van der Waals surface area contributed by atoms with Crippen molar-refractivity contribution in [3.05, 3.63) is 65.7 Å². The predicted octanol–water partition coefficient (Wildman–Crippen LogP) is 1.91. The minimum atomic E-state index is -3.36. The van der Waals surface area contributed by atoms with Crippen LogP contribution in [0, 0.1) is 6.92 Å². The maximum atomic E-state index is 12.8. The van der Waals surface area contributed by atoms with Gasteiger partial charge in [0.15, 0.2) is 0 Å². The lowest BCUT2D eigenvalue weighted by Gasteiger charge is -2.34. The highest BCUT2D eigenvalue weighted by atomic mass is 32.2. The maximum absolute atomic E-state index is 12.8. The van der Waals surface area contributed by atoms with Crippen molar-refractivity contribution in [2.45, 2.75) is 37.6 Å². The van der Waals surface area contributed by atoms with E-state index in [1.165, 1.54) is 10.5 Å². The number of rotatable bonds is 6. The number of piperazine rings is 1. The number of hydrogen-bond acceptors (Lipinski definition) is 2. The molecule has 1 fully saturated rings. The molecule has 0 saturated carbocycles. The average Bonchev–Trinajstić information content (AvgIpc) is 2.67. The van der Waals surface area contributed by atoms with Crippen LogP contribution in [0.2, 0.25) is 0 Å². The van der Waals surface area contributed by atoms with Gasteiger partial charge in [-0.25, -0.2) is 8.42 Å². The molecule has 4 nitrogen and oxygen atoms in total. The van der Waals surface area contributed by atoms with Crippen molar-refractivity contribution >= 4 is 10.0 Å². The van der Waals surface area contributed by atoms with Crippen LogP contribution in [0.5, 0.6) is 0 Å². The molecule has 5 heteroatoms. The number of aryl methyl sites for hydroxylation is 2. The van der Waals surface area contributed by atoms with Crippen LogP contribution >= 0.6 is 0 Å². The molecule has 1 heterocycles. The van der Waals surface area contributed by atoms with E-state index in [1.807, 2.05) is 25.1 Å². The van der Waals surface area contributed by atoms with Gasteiger partial charge in [-0.05, 0) is 38.0 Å². The third kappa shape index (κ3) is 4.53. The lowest BCUT2D eigenvalue weighted by Crippen LogP contribution is -3.18. The number of sulfonamides is 1. The summed E-state index contributed by atoms with van der Waals surface area (Å²) < 4.78 is 27.2. The van der Waals surface area contributed by atoms with Crippen LogP contribution in [0.25, 0.3) is 0 Å². The molecule has 1 atom stereocenters. The van der Waals surface area contributed by atoms with E-state index in [-0.39, 0.29) is 0 Å². The topological polar surface area (TPSA) is 41.8 Å². The van der Waals surface area contributed by atoms with E-state index >= 15 is 0 Å². The Labute approximate surface area is 157 Å². The third-order valence-corrected chi connectivity index (χ3v) is 7.34. The van der Waals surface area contributed by atoms with Gasteiger partial charge >= 0.3 is 0 Å². The molecule has 1 N–H and O–H groups in total. The average molecular weight is 374 g/mol. The molecule has 26 heavy (non-hydrogen) atoms. The second-order valence-electron chi connectivity index (χ2n) is 7.30. The van der Waals surface area contributed by atoms with Crippen LogP contribution in [-0.4, -0.2) is 44.9 Å². The Bertz CT molecular complexity index is 796. The normalized spacial score (nSPS) is 17.9. The minimum absolute atomic E-state index is 0.406. The maximum Gasteiger partial charge on any atom is 0.243 e. The molecular weight excluding hydrogens is 344 g/mol. The van der Waals surface area contributed by atoms with Crippen molar-refractivity contribution in [1.29, 1.82) is 0 Å². The Balaban J connectivity index is 1.54. The number of hydrogen-bond donors (Lipinski definition) is 1. The zero-order valence-corrected chi connectivity index (χ0v) is 16.5. The van der Waals surface area contributed by atoms with Gasteiger partial charge in [0.1, 0.15) is 0 Å². The van der Waals surface area contributed by atoms with Gasteiger partial charge in [0.05, 0.1) is 37.1 Å². The molecule has 140 valence electrons. The van der Waals surface area contributed by atoms with Crippen molar-refractivity contribution in [3.63, 3.8) is 0 Å². The second kappa shape index (κ2) is 8.33. The fraction of sp³-hybridized carbons (Fsp3) is 0.429. The highest BCUT2D eigenvalue weighted by Crippen LogP contribution is 2.16. The molecule has 1 saturated heterocycles. The first-order valence-corrected chi connectivity index (χ1v) is 10.9. The summed E-state index contributed by atoms with van der Waals surface area (Å²) in [4.78, 5) is 1.92. The molecular formula is C21H29N2O2S+. The van der Waals surface area contributed by atoms with Gasteiger partial charge in [-0.1, -0.05) is 48.0 Å². The highest BCUT2D eigenvalue weighted by Gasteiger charge is 2.32. The molecule has 0 aromatic heterocycles. The summed E-state index contributed by atoms with van der Waals surface area (Å²) in [5.74, 6) is 0. The molecule has 1 aliphatic heterocycles. The van der Waals surface area contributed by atoms with E-state index in [2.05, 4.69) is 31.2 Å². The summed E-state index contributed by atoms with van der Waals surface area (Å²) in [5, 5.41) is 0. The number of nitrogens with zero attached hydrogens (tertiary/aromatic N) is 1. The Kier molecular flexibility index (Phi) is 6.12. The Morgan fingerprint density at radius 2 is 1.62 bits per heavy atom. The summed E-state index contributed by atoms with van der Waals surface area (Å²) >= 11 is 0. The summed E-state index contributed by atoms with van der Waals surface area (Å²) in [6.07, 6.45) is 2.21. The lowest BCUT2D eigenvalue weighted by atomic mass is 10.0. The molecule has 0 aliphatic carbocycles. The SMILES string of the molecule is Cc1ccc(S(=O)(=O)N2CC[NH+]([C@@H](C)CCc3ccccc3)CC2)cc1. The quantitative estimate of drug-likeness (QED) is 0.840. The molecule has 3 rings (SSSR count). The zero-order valence-electron chi connectivity index (χ0n) is 15.7. The fourth-order valence-electron chi connectivity index (χ4n) is 3.60. The highest BCUT2D eigenvalue weighted by molar-refractivity contribution is 7.89. The van der Waals surface area contributed by atoms with E-state index in [4.69, 9.17) is 0 Å². The van der Waals surface area contributed by atoms with Crippen LogP contribution < -0.4 is 4.90 Å². The van der Waals surface area contributed by atoms with Gasteiger partial charge in [-0.3, -0.25) is 0 Å². The standard InChI is InChI=1S/C21H28N2O2S/c1-18-8-12-21(13-9-18)26(24,25)23-16-14-22(15-17-23)19(2)10-11-20-6-4-3-5-7-20/h3-9,12-13,19H,10-11,14-17H2,1-2H3/p+1/t19-/m0/s1. The molecule has 0 unspecified atom stereocenters. The van der Waals surface area contributed by atoms with Crippen LogP contribution in [0.3, 0.4) is 0 Å².